The highest BCUT2D eigenvalue weighted by molar-refractivity contribution is 6.31. The molecule has 0 unspecified atom stereocenters. The van der Waals surface area contributed by atoms with Gasteiger partial charge in [-0.3, -0.25) is 30.6 Å². The zero-order valence-corrected chi connectivity index (χ0v) is 13.3. The summed E-state index contributed by atoms with van der Waals surface area (Å²) in [6.45, 7) is 0. The number of carbonyl (C=O) groups excluding carboxylic acids is 2. The Balaban J connectivity index is 1.77. The maximum atomic E-state index is 12.2. The van der Waals surface area contributed by atoms with E-state index >= 15 is 0 Å². The van der Waals surface area contributed by atoms with E-state index in [1.807, 2.05) is 12.1 Å². The van der Waals surface area contributed by atoms with E-state index in [4.69, 9.17) is 11.6 Å². The van der Waals surface area contributed by atoms with Gasteiger partial charge < -0.3 is 4.98 Å². The number of hydrazine groups is 1. The first-order chi connectivity index (χ1) is 12.0. The Labute approximate surface area is 145 Å². The van der Waals surface area contributed by atoms with E-state index in [0.29, 0.717) is 10.9 Å². The number of nitro groups is 1. The van der Waals surface area contributed by atoms with Gasteiger partial charge in [0.2, 0.25) is 0 Å². The number of aromatic nitrogens is 1. The van der Waals surface area contributed by atoms with Gasteiger partial charge in [0, 0.05) is 28.2 Å². The molecule has 1 aromatic heterocycles. The molecule has 126 valence electrons. The van der Waals surface area contributed by atoms with Crippen molar-refractivity contribution >= 4 is 40.0 Å². The molecular formula is C16H11ClN4O4. The van der Waals surface area contributed by atoms with Gasteiger partial charge in [-0.2, -0.15) is 0 Å². The van der Waals surface area contributed by atoms with Gasteiger partial charge in [0.1, 0.15) is 5.56 Å². The van der Waals surface area contributed by atoms with Crippen LogP contribution in [-0.2, 0) is 0 Å². The number of amides is 2. The highest BCUT2D eigenvalue weighted by Gasteiger charge is 2.21. The van der Waals surface area contributed by atoms with Crippen LogP contribution in [0.15, 0.2) is 48.7 Å². The Morgan fingerprint density at radius 3 is 2.44 bits per heavy atom. The largest absolute Gasteiger partial charge is 0.360 e. The van der Waals surface area contributed by atoms with Crippen LogP contribution in [0.2, 0.25) is 5.02 Å². The minimum atomic E-state index is -0.823. The fourth-order valence-corrected chi connectivity index (χ4v) is 2.52. The normalized spacial score (nSPS) is 10.4. The number of H-pyrrole nitrogens is 1. The Morgan fingerprint density at radius 1 is 1.04 bits per heavy atom. The zero-order valence-electron chi connectivity index (χ0n) is 12.6. The molecule has 0 bridgehead atoms. The number of fused-ring (bicyclic) bond motifs is 1. The summed E-state index contributed by atoms with van der Waals surface area (Å²) in [6.07, 6.45) is 1.51. The minimum Gasteiger partial charge on any atom is -0.360 e. The molecule has 3 rings (SSSR count). The molecule has 3 N–H and O–H groups in total. The number of carbonyl (C=O) groups is 2. The minimum absolute atomic E-state index is 0.131. The molecule has 1 heterocycles. The molecule has 9 heteroatoms. The third kappa shape index (κ3) is 3.29. The number of nitrogens with one attached hydrogen (secondary N) is 3. The lowest BCUT2D eigenvalue weighted by Gasteiger charge is -2.07. The highest BCUT2D eigenvalue weighted by Crippen LogP contribution is 2.23. The van der Waals surface area contributed by atoms with Gasteiger partial charge in [-0.05, 0) is 18.2 Å². The van der Waals surface area contributed by atoms with Gasteiger partial charge in [0.25, 0.3) is 17.5 Å². The molecule has 0 radical (unpaired) electrons. The van der Waals surface area contributed by atoms with Crippen molar-refractivity contribution in [3.05, 3.63) is 74.9 Å². The Bertz CT molecular complexity index is 999. The van der Waals surface area contributed by atoms with Crippen LogP contribution >= 0.6 is 11.6 Å². The van der Waals surface area contributed by atoms with Crippen LogP contribution in [0.3, 0.4) is 0 Å². The monoisotopic (exact) mass is 358 g/mol. The first-order valence-electron chi connectivity index (χ1n) is 7.08. The quantitative estimate of drug-likeness (QED) is 0.493. The van der Waals surface area contributed by atoms with Crippen LogP contribution in [-0.4, -0.2) is 21.7 Å². The van der Waals surface area contributed by atoms with Crippen molar-refractivity contribution in [1.29, 1.82) is 0 Å². The van der Waals surface area contributed by atoms with E-state index in [0.717, 1.165) is 11.6 Å². The van der Waals surface area contributed by atoms with Crippen molar-refractivity contribution in [3.8, 4) is 0 Å². The summed E-state index contributed by atoms with van der Waals surface area (Å²) in [6, 6.07) is 10.8. The van der Waals surface area contributed by atoms with Gasteiger partial charge in [0.05, 0.1) is 10.5 Å². The van der Waals surface area contributed by atoms with Crippen molar-refractivity contribution in [3.63, 3.8) is 0 Å². The lowest BCUT2D eigenvalue weighted by atomic mass is 10.1. The maximum absolute atomic E-state index is 12.2. The van der Waals surface area contributed by atoms with Crippen LogP contribution in [0.1, 0.15) is 20.7 Å². The fourth-order valence-electron chi connectivity index (χ4n) is 2.36. The van der Waals surface area contributed by atoms with Gasteiger partial charge in [0.15, 0.2) is 0 Å². The SMILES string of the molecule is O=C(NNC(=O)c1c[nH]c2ccccc12)c1ccc(Cl)cc1[N+](=O)[O-]. The predicted octanol–water partition coefficient (Wildman–Crippen LogP) is 2.80. The fraction of sp³-hybridized carbons (Fsp3) is 0. The standard InChI is InChI=1S/C16H11ClN4O4/c17-9-5-6-11(14(7-9)21(24)25)15(22)19-20-16(23)12-8-18-13-4-2-1-3-10(12)13/h1-8,18H,(H,19,22)(H,20,23). The van der Waals surface area contributed by atoms with Crippen molar-refractivity contribution in [2.45, 2.75) is 0 Å². The molecule has 0 atom stereocenters. The molecule has 2 aromatic carbocycles. The van der Waals surface area contributed by atoms with E-state index < -0.39 is 22.4 Å². The molecule has 0 spiro atoms. The predicted molar refractivity (Wildman–Crippen MR) is 91.3 cm³/mol. The second-order valence-electron chi connectivity index (χ2n) is 5.07. The lowest BCUT2D eigenvalue weighted by molar-refractivity contribution is -0.385. The summed E-state index contributed by atoms with van der Waals surface area (Å²) in [5, 5.41) is 11.8. The van der Waals surface area contributed by atoms with Crippen molar-refractivity contribution in [2.24, 2.45) is 0 Å². The van der Waals surface area contributed by atoms with E-state index in [-0.39, 0.29) is 10.6 Å². The second kappa shape index (κ2) is 6.62. The number of halogens is 1. The molecule has 2 amide bonds. The van der Waals surface area contributed by atoms with Crippen molar-refractivity contribution in [1.82, 2.24) is 15.8 Å². The number of benzene rings is 2. The third-order valence-corrected chi connectivity index (χ3v) is 3.76. The van der Waals surface area contributed by atoms with Crippen LogP contribution in [0.25, 0.3) is 10.9 Å². The molecule has 0 aliphatic rings. The molecule has 25 heavy (non-hydrogen) atoms. The number of aromatic amines is 1. The Morgan fingerprint density at radius 2 is 1.72 bits per heavy atom. The zero-order chi connectivity index (χ0) is 18.0. The second-order valence-corrected chi connectivity index (χ2v) is 5.51. The van der Waals surface area contributed by atoms with Gasteiger partial charge in [-0.25, -0.2) is 0 Å². The molecule has 0 saturated heterocycles. The molecular weight excluding hydrogens is 348 g/mol. The summed E-state index contributed by atoms with van der Waals surface area (Å²) < 4.78 is 0. The average Bonchev–Trinajstić information content (AvgIpc) is 3.03. The number of hydrogen-bond acceptors (Lipinski definition) is 4. The van der Waals surface area contributed by atoms with Gasteiger partial charge in [-0.1, -0.05) is 29.8 Å². The molecule has 0 aliphatic carbocycles. The first kappa shape index (κ1) is 16.5. The first-order valence-corrected chi connectivity index (χ1v) is 7.46. The Kier molecular flexibility index (Phi) is 4.36. The summed E-state index contributed by atoms with van der Waals surface area (Å²) in [4.78, 5) is 37.6. The summed E-state index contributed by atoms with van der Waals surface area (Å²) in [5.74, 6) is -1.38. The van der Waals surface area contributed by atoms with Crippen molar-refractivity contribution in [2.75, 3.05) is 0 Å². The lowest BCUT2D eigenvalue weighted by Crippen LogP contribution is -2.41. The number of nitro benzene ring substituents is 1. The van der Waals surface area contributed by atoms with E-state index in [1.54, 1.807) is 12.1 Å². The molecule has 3 aromatic rings. The highest BCUT2D eigenvalue weighted by atomic mass is 35.5. The van der Waals surface area contributed by atoms with Gasteiger partial charge in [-0.15, -0.1) is 0 Å². The Hall–Kier alpha value is -3.39. The number of rotatable bonds is 3. The average molecular weight is 359 g/mol. The van der Waals surface area contributed by atoms with Crippen LogP contribution < -0.4 is 10.9 Å². The number of para-hydroxylation sites is 1. The summed E-state index contributed by atoms with van der Waals surface area (Å²) >= 11 is 5.71. The molecule has 8 nitrogen and oxygen atoms in total. The third-order valence-electron chi connectivity index (χ3n) is 3.52. The van der Waals surface area contributed by atoms with E-state index in [1.165, 1.54) is 18.3 Å². The summed E-state index contributed by atoms with van der Waals surface area (Å²) in [5.41, 5.74) is 4.85. The van der Waals surface area contributed by atoms with Gasteiger partial charge >= 0.3 is 0 Å². The number of hydrogen-bond donors (Lipinski definition) is 3. The molecule has 0 fully saturated rings. The van der Waals surface area contributed by atoms with Crippen LogP contribution in [0, 0.1) is 10.1 Å². The van der Waals surface area contributed by atoms with Crippen LogP contribution in [0.5, 0.6) is 0 Å². The van der Waals surface area contributed by atoms with E-state index in [9.17, 15) is 19.7 Å². The molecule has 0 saturated carbocycles. The van der Waals surface area contributed by atoms with Crippen LogP contribution in [0.4, 0.5) is 5.69 Å². The van der Waals surface area contributed by atoms with Crippen molar-refractivity contribution < 1.29 is 14.5 Å². The maximum Gasteiger partial charge on any atom is 0.283 e. The number of nitrogens with zero attached hydrogens (tertiary/aromatic N) is 1. The smallest absolute Gasteiger partial charge is 0.283 e. The summed E-state index contributed by atoms with van der Waals surface area (Å²) in [7, 11) is 0. The topological polar surface area (TPSA) is 117 Å². The molecule has 0 aliphatic heterocycles. The van der Waals surface area contributed by atoms with E-state index in [2.05, 4.69) is 15.8 Å².